The van der Waals surface area contributed by atoms with Crippen molar-refractivity contribution in [1.82, 2.24) is 0 Å². The van der Waals surface area contributed by atoms with E-state index in [0.29, 0.717) is 17.0 Å². The van der Waals surface area contributed by atoms with Crippen molar-refractivity contribution in [2.45, 2.75) is 0 Å². The molecule has 2 aromatic carbocycles. The minimum Gasteiger partial charge on any atom is -0.451 e. The van der Waals surface area contributed by atoms with Gasteiger partial charge in [0, 0.05) is 11.1 Å². The maximum absolute atomic E-state index is 12.3. The molecule has 1 amide bonds. The number of hydrazone groups is 1. The lowest BCUT2D eigenvalue weighted by Gasteiger charge is -2.05. The van der Waals surface area contributed by atoms with Crippen LogP contribution in [-0.2, 0) is 0 Å². The van der Waals surface area contributed by atoms with Crippen molar-refractivity contribution >= 4 is 34.0 Å². The summed E-state index contributed by atoms with van der Waals surface area (Å²) in [5, 5.41) is 24.5. The number of rotatable bonds is 4. The van der Waals surface area contributed by atoms with Gasteiger partial charge in [0.2, 0.25) is 5.71 Å². The van der Waals surface area contributed by atoms with Gasteiger partial charge in [-0.15, -0.1) is 0 Å². The van der Waals surface area contributed by atoms with E-state index in [1.165, 1.54) is 0 Å². The van der Waals surface area contributed by atoms with Gasteiger partial charge in [-0.05, 0) is 30.3 Å². The molecule has 25 heavy (non-hydrogen) atoms. The Labute approximate surface area is 142 Å². The van der Waals surface area contributed by atoms with E-state index in [1.807, 2.05) is 18.2 Å². The largest absolute Gasteiger partial charge is 0.451 e. The van der Waals surface area contributed by atoms with Crippen LogP contribution in [0.2, 0.25) is 0 Å². The number of amides is 1. The van der Waals surface area contributed by atoms with Crippen LogP contribution in [0.4, 0.5) is 11.4 Å². The van der Waals surface area contributed by atoms with Gasteiger partial charge in [0.1, 0.15) is 17.7 Å². The summed E-state index contributed by atoms with van der Waals surface area (Å²) < 4.78 is 5.52. The molecule has 3 rings (SSSR count). The molecule has 0 saturated heterocycles. The fourth-order valence-electron chi connectivity index (χ4n) is 2.15. The van der Waals surface area contributed by atoms with E-state index in [-0.39, 0.29) is 17.4 Å². The summed E-state index contributed by atoms with van der Waals surface area (Å²) in [5.74, 6) is -0.180. The Kier molecular flexibility index (Phi) is 4.41. The highest BCUT2D eigenvalue weighted by Gasteiger charge is 2.12. The van der Waals surface area contributed by atoms with Crippen molar-refractivity contribution in [1.29, 1.82) is 10.5 Å². The topological polar surface area (TPSA) is 114 Å². The van der Waals surface area contributed by atoms with Crippen molar-refractivity contribution in [2.24, 2.45) is 5.10 Å². The van der Waals surface area contributed by atoms with E-state index in [1.54, 1.807) is 48.5 Å². The molecule has 0 atom stereocenters. The molecule has 0 bridgehead atoms. The minimum absolute atomic E-state index is 0.203. The molecule has 0 aliphatic carbocycles. The van der Waals surface area contributed by atoms with Gasteiger partial charge in [0.25, 0.3) is 5.91 Å². The van der Waals surface area contributed by atoms with E-state index in [9.17, 15) is 4.79 Å². The fourth-order valence-corrected chi connectivity index (χ4v) is 2.15. The summed E-state index contributed by atoms with van der Waals surface area (Å²) in [4.78, 5) is 12.3. The molecule has 0 aliphatic rings. The lowest BCUT2D eigenvalue weighted by atomic mass is 10.2. The third-order valence-electron chi connectivity index (χ3n) is 3.28. The Balaban J connectivity index is 1.75. The first kappa shape index (κ1) is 15.8. The molecule has 0 fully saturated rings. The second kappa shape index (κ2) is 6.99. The van der Waals surface area contributed by atoms with Gasteiger partial charge in [0.05, 0.1) is 5.69 Å². The zero-order valence-electron chi connectivity index (χ0n) is 12.9. The van der Waals surface area contributed by atoms with Crippen LogP contribution in [0, 0.1) is 22.7 Å². The van der Waals surface area contributed by atoms with Crippen LogP contribution in [-0.4, -0.2) is 11.6 Å². The molecular weight excluding hydrogens is 318 g/mol. The molecule has 3 aromatic rings. The number of benzene rings is 2. The number of carbonyl (C=O) groups is 1. The second-order valence-corrected chi connectivity index (χ2v) is 4.98. The van der Waals surface area contributed by atoms with Gasteiger partial charge in [-0.1, -0.05) is 24.3 Å². The van der Waals surface area contributed by atoms with Crippen LogP contribution in [0.1, 0.15) is 10.6 Å². The Hall–Kier alpha value is -4.10. The summed E-state index contributed by atoms with van der Waals surface area (Å²) in [7, 11) is 0. The van der Waals surface area contributed by atoms with Gasteiger partial charge in [-0.2, -0.15) is 15.6 Å². The first-order chi connectivity index (χ1) is 12.2. The van der Waals surface area contributed by atoms with Gasteiger partial charge in [-0.3, -0.25) is 10.2 Å². The maximum Gasteiger partial charge on any atom is 0.291 e. The molecule has 1 heterocycles. The lowest BCUT2D eigenvalue weighted by Crippen LogP contribution is -2.10. The summed E-state index contributed by atoms with van der Waals surface area (Å²) in [6, 6.07) is 19.0. The molecule has 0 unspecified atom stereocenters. The van der Waals surface area contributed by atoms with E-state index in [0.717, 1.165) is 5.39 Å². The molecule has 0 radical (unpaired) electrons. The third-order valence-corrected chi connectivity index (χ3v) is 3.28. The fraction of sp³-hybridized carbons (Fsp3) is 0. The van der Waals surface area contributed by atoms with Crippen LogP contribution < -0.4 is 10.7 Å². The molecule has 7 nitrogen and oxygen atoms in total. The highest BCUT2D eigenvalue weighted by molar-refractivity contribution is 6.10. The molecule has 120 valence electrons. The van der Waals surface area contributed by atoms with Crippen molar-refractivity contribution in [3.63, 3.8) is 0 Å². The highest BCUT2D eigenvalue weighted by Crippen LogP contribution is 2.21. The molecule has 0 spiro atoms. The maximum atomic E-state index is 12.3. The first-order valence-corrected chi connectivity index (χ1v) is 7.23. The molecular formula is C18H11N5O2. The average Bonchev–Trinajstić information content (AvgIpc) is 3.07. The molecule has 0 aliphatic heterocycles. The number of hydrogen-bond donors (Lipinski definition) is 2. The highest BCUT2D eigenvalue weighted by atomic mass is 16.3. The summed E-state index contributed by atoms with van der Waals surface area (Å²) in [6.07, 6.45) is 0. The van der Waals surface area contributed by atoms with E-state index in [2.05, 4.69) is 15.8 Å². The number of nitrogens with zero attached hydrogens (tertiary/aromatic N) is 3. The number of carbonyl (C=O) groups excluding carboxylic acids is 1. The standard InChI is InChI=1S/C18H11N5O2/c19-10-15(11-20)23-22-14-6-3-5-13(9-14)21-18(24)17-8-12-4-1-2-7-16(12)25-17/h1-9,22H,(H,21,24). The van der Waals surface area contributed by atoms with Crippen LogP contribution in [0.5, 0.6) is 0 Å². The Morgan fingerprint density at radius 2 is 1.76 bits per heavy atom. The number of nitriles is 2. The van der Waals surface area contributed by atoms with E-state index >= 15 is 0 Å². The zero-order chi connectivity index (χ0) is 17.6. The van der Waals surface area contributed by atoms with Gasteiger partial charge < -0.3 is 9.73 Å². The monoisotopic (exact) mass is 329 g/mol. The number of furan rings is 1. The van der Waals surface area contributed by atoms with E-state index in [4.69, 9.17) is 14.9 Å². The quantitative estimate of drug-likeness (QED) is 0.561. The molecule has 2 N–H and O–H groups in total. The summed E-state index contributed by atoms with van der Waals surface area (Å²) in [6.45, 7) is 0. The molecule has 1 aromatic heterocycles. The Bertz CT molecular complexity index is 1000. The average molecular weight is 329 g/mol. The van der Waals surface area contributed by atoms with Crippen LogP contribution in [0.15, 0.2) is 64.1 Å². The van der Waals surface area contributed by atoms with Crippen LogP contribution in [0.25, 0.3) is 11.0 Å². The zero-order valence-corrected chi connectivity index (χ0v) is 12.9. The Morgan fingerprint density at radius 1 is 1.00 bits per heavy atom. The van der Waals surface area contributed by atoms with Gasteiger partial charge in [0.15, 0.2) is 5.76 Å². The normalized spacial score (nSPS) is 9.68. The van der Waals surface area contributed by atoms with Crippen molar-refractivity contribution < 1.29 is 9.21 Å². The van der Waals surface area contributed by atoms with Gasteiger partial charge in [-0.25, -0.2) is 0 Å². The Morgan fingerprint density at radius 3 is 2.52 bits per heavy atom. The predicted octanol–water partition coefficient (Wildman–Crippen LogP) is 3.50. The number of para-hydroxylation sites is 1. The first-order valence-electron chi connectivity index (χ1n) is 7.23. The molecule has 0 saturated carbocycles. The van der Waals surface area contributed by atoms with Crippen molar-refractivity contribution in [2.75, 3.05) is 10.7 Å². The number of anilines is 2. The predicted molar refractivity (Wildman–Crippen MR) is 92.9 cm³/mol. The van der Waals surface area contributed by atoms with Crippen molar-refractivity contribution in [3.05, 3.63) is 60.4 Å². The minimum atomic E-state index is -0.383. The molecule has 7 heteroatoms. The van der Waals surface area contributed by atoms with Crippen molar-refractivity contribution in [3.8, 4) is 12.1 Å². The summed E-state index contributed by atoms with van der Waals surface area (Å²) >= 11 is 0. The third kappa shape index (κ3) is 3.63. The van der Waals surface area contributed by atoms with Crippen LogP contribution >= 0.6 is 0 Å². The lowest BCUT2D eigenvalue weighted by molar-refractivity contribution is 0.0998. The number of hydrogen-bond acceptors (Lipinski definition) is 6. The number of fused-ring (bicyclic) bond motifs is 1. The van der Waals surface area contributed by atoms with Crippen LogP contribution in [0.3, 0.4) is 0 Å². The van der Waals surface area contributed by atoms with Gasteiger partial charge >= 0.3 is 0 Å². The van der Waals surface area contributed by atoms with E-state index < -0.39 is 0 Å². The number of nitrogens with one attached hydrogen (secondary N) is 2. The second-order valence-electron chi connectivity index (χ2n) is 4.98. The smallest absolute Gasteiger partial charge is 0.291 e. The SMILES string of the molecule is N#CC(C#N)=NNc1cccc(NC(=O)c2cc3ccccc3o2)c1. The summed E-state index contributed by atoms with van der Waals surface area (Å²) in [5.41, 5.74) is 3.97.